The molecule has 21 heavy (non-hydrogen) atoms. The summed E-state index contributed by atoms with van der Waals surface area (Å²) in [6, 6.07) is 0. The molecule has 1 amide bonds. The molecule has 112 valence electrons. The van der Waals surface area contributed by atoms with Crippen LogP contribution in [0.2, 0.25) is 0 Å². The average Bonchev–Trinajstić information content (AvgIpc) is 2.83. The van der Waals surface area contributed by atoms with Gasteiger partial charge < -0.3 is 9.73 Å². The van der Waals surface area contributed by atoms with E-state index in [1.54, 1.807) is 0 Å². The van der Waals surface area contributed by atoms with Gasteiger partial charge in [-0.1, -0.05) is 20.8 Å². The monoisotopic (exact) mass is 305 g/mol. The third kappa shape index (κ3) is 3.00. The van der Waals surface area contributed by atoms with E-state index in [9.17, 15) is 4.79 Å². The number of carbonyl (C=O) groups excluding carboxylic acids is 1. The number of thiazole rings is 1. The molecule has 3 rings (SSSR count). The van der Waals surface area contributed by atoms with Crippen molar-refractivity contribution in [3.8, 4) is 0 Å². The van der Waals surface area contributed by atoms with Gasteiger partial charge in [0.25, 0.3) is 0 Å². The largest absolute Gasteiger partial charge is 0.445 e. The molecule has 1 aliphatic rings. The second kappa shape index (κ2) is 4.94. The summed E-state index contributed by atoms with van der Waals surface area (Å²) in [5.74, 6) is 2.40. The molecule has 0 spiro atoms. The number of nitrogens with zero attached hydrogens (tertiary/aromatic N) is 2. The first-order valence-corrected chi connectivity index (χ1v) is 7.86. The third-order valence-electron chi connectivity index (χ3n) is 3.54. The highest BCUT2D eigenvalue weighted by atomic mass is 32.1. The fourth-order valence-corrected chi connectivity index (χ4v) is 3.30. The smallest absolute Gasteiger partial charge is 0.223 e. The van der Waals surface area contributed by atoms with Gasteiger partial charge >= 0.3 is 0 Å². The van der Waals surface area contributed by atoms with Crippen molar-refractivity contribution in [2.45, 2.75) is 51.4 Å². The van der Waals surface area contributed by atoms with Crippen molar-refractivity contribution in [3.05, 3.63) is 28.9 Å². The lowest BCUT2D eigenvalue weighted by molar-refractivity contribution is -0.114. The van der Waals surface area contributed by atoms with Crippen LogP contribution >= 0.6 is 11.3 Å². The van der Waals surface area contributed by atoms with E-state index in [2.05, 4.69) is 36.1 Å². The third-order valence-corrected chi connectivity index (χ3v) is 4.59. The minimum Gasteiger partial charge on any atom is -0.445 e. The number of anilines is 1. The highest BCUT2D eigenvalue weighted by molar-refractivity contribution is 7.15. The van der Waals surface area contributed by atoms with Crippen molar-refractivity contribution in [1.82, 2.24) is 9.97 Å². The van der Waals surface area contributed by atoms with Gasteiger partial charge in [0.2, 0.25) is 5.91 Å². The SMILES string of the molecule is CC(=O)Nc1ncc([C@H]2C[C@@H]2c2ncc(C(C)(C)C)o2)s1. The zero-order valence-electron chi connectivity index (χ0n) is 12.6. The van der Waals surface area contributed by atoms with Crippen LogP contribution in [0.15, 0.2) is 16.8 Å². The Balaban J connectivity index is 1.70. The number of hydrogen-bond acceptors (Lipinski definition) is 5. The molecule has 0 aromatic carbocycles. The van der Waals surface area contributed by atoms with Crippen LogP contribution in [0.1, 0.15) is 62.5 Å². The zero-order valence-corrected chi connectivity index (χ0v) is 13.5. The van der Waals surface area contributed by atoms with E-state index < -0.39 is 0 Å². The normalized spacial score (nSPS) is 21.3. The molecule has 1 aliphatic carbocycles. The molecular weight excluding hydrogens is 286 g/mol. The van der Waals surface area contributed by atoms with Crippen LogP contribution < -0.4 is 5.32 Å². The van der Waals surface area contributed by atoms with E-state index in [1.165, 1.54) is 23.1 Å². The molecule has 0 unspecified atom stereocenters. The first kappa shape index (κ1) is 14.3. The van der Waals surface area contributed by atoms with E-state index in [-0.39, 0.29) is 11.3 Å². The number of amides is 1. The van der Waals surface area contributed by atoms with Crippen molar-refractivity contribution in [2.24, 2.45) is 0 Å². The number of carbonyl (C=O) groups is 1. The Morgan fingerprint density at radius 3 is 2.71 bits per heavy atom. The van der Waals surface area contributed by atoms with E-state index in [4.69, 9.17) is 4.42 Å². The molecule has 6 heteroatoms. The second-order valence-corrected chi connectivity index (χ2v) is 7.57. The standard InChI is InChI=1S/C15H19N3O2S/c1-8(19)18-14-17-6-11(21-14)9-5-10(9)13-16-7-12(20-13)15(2,3)4/h6-7,9-10H,5H2,1-4H3,(H,17,18,19)/t9-,10-/m0/s1. The van der Waals surface area contributed by atoms with Crippen LogP contribution in [0.4, 0.5) is 5.13 Å². The van der Waals surface area contributed by atoms with Gasteiger partial charge in [-0.15, -0.1) is 11.3 Å². The Kier molecular flexibility index (Phi) is 3.36. The summed E-state index contributed by atoms with van der Waals surface area (Å²) in [6.45, 7) is 7.83. The van der Waals surface area contributed by atoms with Gasteiger partial charge in [-0.2, -0.15) is 0 Å². The quantitative estimate of drug-likeness (QED) is 0.939. The molecule has 5 nitrogen and oxygen atoms in total. The highest BCUT2D eigenvalue weighted by Crippen LogP contribution is 2.56. The summed E-state index contributed by atoms with van der Waals surface area (Å²) in [6.07, 6.45) is 4.71. The molecule has 0 bridgehead atoms. The number of nitrogens with one attached hydrogen (secondary N) is 1. The molecule has 2 atom stereocenters. The number of rotatable bonds is 3. The molecule has 2 aromatic heterocycles. The van der Waals surface area contributed by atoms with Crippen LogP contribution in [0.3, 0.4) is 0 Å². The summed E-state index contributed by atoms with van der Waals surface area (Å²) in [7, 11) is 0. The lowest BCUT2D eigenvalue weighted by Gasteiger charge is -2.13. The van der Waals surface area contributed by atoms with Gasteiger partial charge in [-0.25, -0.2) is 9.97 Å². The van der Waals surface area contributed by atoms with Crippen molar-refractivity contribution < 1.29 is 9.21 Å². The van der Waals surface area contributed by atoms with E-state index in [0.29, 0.717) is 17.0 Å². The minimum absolute atomic E-state index is 0.0152. The van der Waals surface area contributed by atoms with Crippen LogP contribution in [0.25, 0.3) is 0 Å². The van der Waals surface area contributed by atoms with Crippen molar-refractivity contribution in [3.63, 3.8) is 0 Å². The summed E-state index contributed by atoms with van der Waals surface area (Å²) in [5, 5.41) is 3.37. The molecule has 2 heterocycles. The molecule has 0 aliphatic heterocycles. The zero-order chi connectivity index (χ0) is 15.2. The van der Waals surface area contributed by atoms with Crippen LogP contribution in [-0.4, -0.2) is 15.9 Å². The number of hydrogen-bond donors (Lipinski definition) is 1. The maximum absolute atomic E-state index is 11.0. The van der Waals surface area contributed by atoms with Crippen LogP contribution in [-0.2, 0) is 10.2 Å². The topological polar surface area (TPSA) is 68.0 Å². The van der Waals surface area contributed by atoms with Crippen molar-refractivity contribution >= 4 is 22.4 Å². The van der Waals surface area contributed by atoms with Crippen LogP contribution in [0, 0.1) is 0 Å². The van der Waals surface area contributed by atoms with Gasteiger partial charge in [0, 0.05) is 35.2 Å². The Morgan fingerprint density at radius 2 is 2.10 bits per heavy atom. The summed E-state index contributed by atoms with van der Waals surface area (Å²) in [4.78, 5) is 20.8. The first-order valence-electron chi connectivity index (χ1n) is 7.04. The molecule has 2 aromatic rings. The summed E-state index contributed by atoms with van der Waals surface area (Å²) >= 11 is 1.53. The molecular formula is C15H19N3O2S. The molecule has 1 fully saturated rings. The average molecular weight is 305 g/mol. The van der Waals surface area contributed by atoms with Gasteiger partial charge in [-0.05, 0) is 6.42 Å². The fraction of sp³-hybridized carbons (Fsp3) is 0.533. The molecule has 1 N–H and O–H groups in total. The molecule has 1 saturated carbocycles. The number of oxazole rings is 1. The van der Waals surface area contributed by atoms with Crippen molar-refractivity contribution in [2.75, 3.05) is 5.32 Å². The molecule has 0 saturated heterocycles. The Bertz CT molecular complexity index is 669. The lowest BCUT2D eigenvalue weighted by atomic mass is 9.94. The first-order chi connectivity index (χ1) is 9.84. The Hall–Kier alpha value is -1.69. The summed E-state index contributed by atoms with van der Waals surface area (Å²) < 4.78 is 5.90. The van der Waals surface area contributed by atoms with Crippen LogP contribution in [0.5, 0.6) is 0 Å². The predicted molar refractivity (Wildman–Crippen MR) is 81.7 cm³/mol. The molecule has 0 radical (unpaired) electrons. The highest BCUT2D eigenvalue weighted by Gasteiger charge is 2.44. The lowest BCUT2D eigenvalue weighted by Crippen LogP contribution is -2.09. The van der Waals surface area contributed by atoms with Gasteiger partial charge in [0.15, 0.2) is 11.0 Å². The van der Waals surface area contributed by atoms with E-state index >= 15 is 0 Å². The van der Waals surface area contributed by atoms with Gasteiger partial charge in [-0.3, -0.25) is 4.79 Å². The maximum Gasteiger partial charge on any atom is 0.223 e. The Labute approximate surface area is 127 Å². The minimum atomic E-state index is -0.0919. The second-order valence-electron chi connectivity index (χ2n) is 6.51. The fourth-order valence-electron chi connectivity index (χ4n) is 2.25. The van der Waals surface area contributed by atoms with Crippen molar-refractivity contribution in [1.29, 1.82) is 0 Å². The summed E-state index contributed by atoms with van der Waals surface area (Å²) in [5.41, 5.74) is -0.0152. The maximum atomic E-state index is 11.0. The van der Waals surface area contributed by atoms with E-state index in [1.807, 2.05) is 12.4 Å². The Morgan fingerprint density at radius 1 is 1.33 bits per heavy atom. The predicted octanol–water partition coefficient (Wildman–Crippen LogP) is 3.66. The van der Waals surface area contributed by atoms with Gasteiger partial charge in [0.1, 0.15) is 5.76 Å². The van der Waals surface area contributed by atoms with E-state index in [0.717, 1.165) is 18.1 Å². The number of aromatic nitrogens is 2. The van der Waals surface area contributed by atoms with Gasteiger partial charge in [0.05, 0.1) is 6.20 Å².